The first kappa shape index (κ1) is 15.7. The summed E-state index contributed by atoms with van der Waals surface area (Å²) < 4.78 is 12.4. The Morgan fingerprint density at radius 2 is 2.17 bits per heavy atom. The molecule has 7 heteroatoms. The number of ether oxygens (including phenoxy) is 2. The van der Waals surface area contributed by atoms with E-state index in [2.05, 4.69) is 10.4 Å². The molecule has 2 heterocycles. The minimum Gasteiger partial charge on any atom is -0.454 e. The number of rotatable bonds is 5. The van der Waals surface area contributed by atoms with Crippen LogP contribution in [0.2, 0.25) is 5.02 Å². The highest BCUT2D eigenvalue weighted by atomic mass is 35.5. The average Bonchev–Trinajstić information content (AvgIpc) is 3.10. The van der Waals surface area contributed by atoms with Crippen molar-refractivity contribution in [3.8, 4) is 11.5 Å². The van der Waals surface area contributed by atoms with Gasteiger partial charge in [0.05, 0.1) is 10.7 Å². The molecule has 1 aliphatic rings. The molecule has 0 aliphatic carbocycles. The number of amides is 1. The zero-order valence-corrected chi connectivity index (χ0v) is 13.8. The van der Waals surface area contributed by atoms with Crippen molar-refractivity contribution in [3.63, 3.8) is 0 Å². The Morgan fingerprint density at radius 3 is 2.91 bits per heavy atom. The van der Waals surface area contributed by atoms with E-state index in [4.69, 9.17) is 21.1 Å². The fourth-order valence-electron chi connectivity index (χ4n) is 2.53. The van der Waals surface area contributed by atoms with E-state index in [-0.39, 0.29) is 12.7 Å². The van der Waals surface area contributed by atoms with Crippen molar-refractivity contribution < 1.29 is 14.3 Å². The Labute approximate surface area is 139 Å². The molecule has 1 aromatic carbocycles. The van der Waals surface area contributed by atoms with E-state index in [0.29, 0.717) is 28.6 Å². The minimum atomic E-state index is -0.182. The highest BCUT2D eigenvalue weighted by Gasteiger charge is 2.20. The molecule has 2 aromatic rings. The predicted octanol–water partition coefficient (Wildman–Crippen LogP) is 2.70. The van der Waals surface area contributed by atoms with Gasteiger partial charge in [0.2, 0.25) is 6.79 Å². The number of nitrogens with zero attached hydrogens (tertiary/aromatic N) is 2. The molecule has 0 spiro atoms. The number of nitrogens with one attached hydrogen (secondary N) is 1. The molecule has 0 radical (unpaired) electrons. The van der Waals surface area contributed by atoms with Crippen LogP contribution in [0.15, 0.2) is 18.2 Å². The Bertz CT molecular complexity index is 742. The summed E-state index contributed by atoms with van der Waals surface area (Å²) in [6.45, 7) is 5.44. The molecule has 0 saturated carbocycles. The van der Waals surface area contributed by atoms with Gasteiger partial charge >= 0.3 is 0 Å². The third-order valence-electron chi connectivity index (χ3n) is 3.63. The summed E-state index contributed by atoms with van der Waals surface area (Å²) in [5.74, 6) is 0.816. The molecule has 0 saturated heterocycles. The van der Waals surface area contributed by atoms with E-state index in [1.54, 1.807) is 12.1 Å². The quantitative estimate of drug-likeness (QED) is 0.853. The number of halogens is 1. The second kappa shape index (κ2) is 6.50. The number of benzene rings is 1. The average molecular weight is 336 g/mol. The van der Waals surface area contributed by atoms with Crippen molar-refractivity contribution in [3.05, 3.63) is 40.2 Å². The van der Waals surface area contributed by atoms with Gasteiger partial charge in [-0.05, 0) is 38.5 Å². The van der Waals surface area contributed by atoms with Crippen molar-refractivity contribution in [1.29, 1.82) is 0 Å². The molecular weight excluding hydrogens is 318 g/mol. The summed E-state index contributed by atoms with van der Waals surface area (Å²) in [4.78, 5) is 12.2. The minimum absolute atomic E-state index is 0.128. The van der Waals surface area contributed by atoms with Crippen LogP contribution in [0.5, 0.6) is 11.5 Å². The molecule has 1 aliphatic heterocycles. The van der Waals surface area contributed by atoms with E-state index in [0.717, 1.165) is 24.4 Å². The number of carbonyl (C=O) groups is 1. The Balaban J connectivity index is 1.54. The predicted molar refractivity (Wildman–Crippen MR) is 86.2 cm³/mol. The van der Waals surface area contributed by atoms with Gasteiger partial charge in [-0.3, -0.25) is 9.48 Å². The van der Waals surface area contributed by atoms with Crippen molar-refractivity contribution in [2.75, 3.05) is 13.3 Å². The van der Waals surface area contributed by atoms with Gasteiger partial charge in [-0.15, -0.1) is 0 Å². The van der Waals surface area contributed by atoms with Gasteiger partial charge in [0.25, 0.3) is 5.91 Å². The number of carbonyl (C=O) groups excluding carboxylic acids is 1. The van der Waals surface area contributed by atoms with Crippen molar-refractivity contribution in [2.45, 2.75) is 26.8 Å². The lowest BCUT2D eigenvalue weighted by molar-refractivity contribution is 0.0952. The molecule has 0 unspecified atom stereocenters. The maximum absolute atomic E-state index is 12.2. The summed E-state index contributed by atoms with van der Waals surface area (Å²) in [7, 11) is 0. The standard InChI is InChI=1S/C16H18ClN3O3/c1-10-6-11(2)20(19-10)5-3-4-18-16(21)12-7-13(17)15-14(8-12)22-9-23-15/h6-8H,3-5,9H2,1-2H3,(H,18,21). The van der Waals surface area contributed by atoms with E-state index in [9.17, 15) is 4.79 Å². The van der Waals surface area contributed by atoms with Gasteiger partial charge < -0.3 is 14.8 Å². The second-order valence-electron chi connectivity index (χ2n) is 5.45. The van der Waals surface area contributed by atoms with Gasteiger partial charge in [0.15, 0.2) is 11.5 Å². The first-order chi connectivity index (χ1) is 11.0. The van der Waals surface area contributed by atoms with Crippen molar-refractivity contribution in [1.82, 2.24) is 15.1 Å². The first-order valence-electron chi connectivity index (χ1n) is 7.43. The maximum atomic E-state index is 12.2. The molecule has 3 rings (SSSR count). The zero-order chi connectivity index (χ0) is 16.4. The normalized spacial score (nSPS) is 12.5. The molecule has 23 heavy (non-hydrogen) atoms. The van der Waals surface area contributed by atoms with Crippen LogP contribution >= 0.6 is 11.6 Å². The summed E-state index contributed by atoms with van der Waals surface area (Å²) in [6, 6.07) is 5.27. The van der Waals surface area contributed by atoms with Crippen LogP contribution < -0.4 is 14.8 Å². The van der Waals surface area contributed by atoms with E-state index >= 15 is 0 Å². The van der Waals surface area contributed by atoms with Gasteiger partial charge in [-0.2, -0.15) is 5.10 Å². The van der Waals surface area contributed by atoms with Gasteiger partial charge in [0.1, 0.15) is 0 Å². The molecule has 1 aromatic heterocycles. The van der Waals surface area contributed by atoms with Crippen LogP contribution in [-0.2, 0) is 6.54 Å². The topological polar surface area (TPSA) is 65.4 Å². The number of aromatic nitrogens is 2. The van der Waals surface area contributed by atoms with Gasteiger partial charge in [-0.1, -0.05) is 11.6 Å². The van der Waals surface area contributed by atoms with Crippen LogP contribution in [-0.4, -0.2) is 29.0 Å². The fourth-order valence-corrected chi connectivity index (χ4v) is 2.80. The van der Waals surface area contributed by atoms with Gasteiger partial charge in [-0.25, -0.2) is 0 Å². The molecule has 1 amide bonds. The first-order valence-corrected chi connectivity index (χ1v) is 7.81. The lowest BCUT2D eigenvalue weighted by Gasteiger charge is -2.08. The van der Waals surface area contributed by atoms with E-state index in [1.165, 1.54) is 0 Å². The third-order valence-corrected chi connectivity index (χ3v) is 3.91. The molecule has 0 bridgehead atoms. The summed E-state index contributed by atoms with van der Waals surface area (Å²) >= 11 is 6.08. The Kier molecular flexibility index (Phi) is 4.43. The molecular formula is C16H18ClN3O3. The molecule has 6 nitrogen and oxygen atoms in total. The number of aryl methyl sites for hydroxylation is 3. The third kappa shape index (κ3) is 3.42. The van der Waals surface area contributed by atoms with Crippen LogP contribution in [0.4, 0.5) is 0 Å². The van der Waals surface area contributed by atoms with E-state index < -0.39 is 0 Å². The zero-order valence-electron chi connectivity index (χ0n) is 13.1. The summed E-state index contributed by atoms with van der Waals surface area (Å²) in [5.41, 5.74) is 2.59. The highest BCUT2D eigenvalue weighted by molar-refractivity contribution is 6.32. The van der Waals surface area contributed by atoms with Crippen LogP contribution in [0.3, 0.4) is 0 Å². The number of hydrogen-bond donors (Lipinski definition) is 1. The molecule has 0 fully saturated rings. The SMILES string of the molecule is Cc1cc(C)n(CCCNC(=O)c2cc(Cl)c3c(c2)OCO3)n1. The number of hydrogen-bond acceptors (Lipinski definition) is 4. The smallest absolute Gasteiger partial charge is 0.251 e. The van der Waals surface area contributed by atoms with Crippen LogP contribution in [0.1, 0.15) is 28.2 Å². The van der Waals surface area contributed by atoms with Crippen molar-refractivity contribution >= 4 is 17.5 Å². The largest absolute Gasteiger partial charge is 0.454 e. The second-order valence-corrected chi connectivity index (χ2v) is 5.86. The van der Waals surface area contributed by atoms with Gasteiger partial charge in [0, 0.05) is 24.3 Å². The Morgan fingerprint density at radius 1 is 1.35 bits per heavy atom. The highest BCUT2D eigenvalue weighted by Crippen LogP contribution is 2.39. The van der Waals surface area contributed by atoms with E-state index in [1.807, 2.05) is 24.6 Å². The summed E-state index contributed by atoms with van der Waals surface area (Å²) in [5, 5.41) is 7.65. The fraction of sp³-hybridized carbons (Fsp3) is 0.375. The molecule has 122 valence electrons. The molecule has 1 N–H and O–H groups in total. The maximum Gasteiger partial charge on any atom is 0.251 e. The monoisotopic (exact) mass is 335 g/mol. The number of fused-ring (bicyclic) bond motifs is 1. The van der Waals surface area contributed by atoms with Crippen LogP contribution in [0.25, 0.3) is 0 Å². The lowest BCUT2D eigenvalue weighted by atomic mass is 10.2. The Hall–Kier alpha value is -2.21. The summed E-state index contributed by atoms with van der Waals surface area (Å²) in [6.07, 6.45) is 0.798. The van der Waals surface area contributed by atoms with Crippen molar-refractivity contribution in [2.24, 2.45) is 0 Å². The van der Waals surface area contributed by atoms with Crippen LogP contribution in [0, 0.1) is 13.8 Å². The molecule has 0 atom stereocenters. The lowest BCUT2D eigenvalue weighted by Crippen LogP contribution is -2.25.